The third-order valence-electron chi connectivity index (χ3n) is 4.64. The van der Waals surface area contributed by atoms with Crippen LogP contribution in [0.4, 0.5) is 0 Å². The molecule has 104 valence electrons. The Balaban J connectivity index is 1.98. The van der Waals surface area contributed by atoms with Crippen molar-refractivity contribution in [3.63, 3.8) is 0 Å². The Kier molecular flexibility index (Phi) is 4.28. The van der Waals surface area contributed by atoms with E-state index in [0.29, 0.717) is 23.9 Å². The van der Waals surface area contributed by atoms with Crippen LogP contribution in [0.1, 0.15) is 33.1 Å². The molecule has 18 heavy (non-hydrogen) atoms. The van der Waals surface area contributed by atoms with Gasteiger partial charge in [-0.15, -0.1) is 0 Å². The van der Waals surface area contributed by atoms with E-state index in [1.54, 1.807) is 0 Å². The summed E-state index contributed by atoms with van der Waals surface area (Å²) in [6, 6.07) is 0.646. The van der Waals surface area contributed by atoms with Crippen LogP contribution in [0.25, 0.3) is 0 Å². The van der Waals surface area contributed by atoms with Gasteiger partial charge in [-0.05, 0) is 39.2 Å². The van der Waals surface area contributed by atoms with E-state index in [0.717, 1.165) is 38.9 Å². The minimum absolute atomic E-state index is 0.204. The van der Waals surface area contributed by atoms with Gasteiger partial charge in [0.1, 0.15) is 0 Å². The third-order valence-corrected chi connectivity index (χ3v) is 4.64. The largest absolute Gasteiger partial charge is 0.337 e. The topological polar surface area (TPSA) is 49.6 Å². The average molecular weight is 253 g/mol. The number of carbonyl (C=O) groups is 1. The zero-order chi connectivity index (χ0) is 13.3. The molecule has 0 bridgehead atoms. The molecule has 1 saturated heterocycles. The molecule has 4 unspecified atom stereocenters. The van der Waals surface area contributed by atoms with Crippen LogP contribution in [0.5, 0.6) is 0 Å². The van der Waals surface area contributed by atoms with Crippen LogP contribution >= 0.6 is 0 Å². The van der Waals surface area contributed by atoms with Gasteiger partial charge in [0.25, 0.3) is 0 Å². The van der Waals surface area contributed by atoms with E-state index in [1.807, 2.05) is 0 Å². The number of piperazine rings is 1. The number of hydrogen-bond acceptors (Lipinski definition) is 3. The molecule has 0 aromatic rings. The van der Waals surface area contributed by atoms with Gasteiger partial charge in [0.05, 0.1) is 0 Å². The van der Waals surface area contributed by atoms with Crippen LogP contribution in [0, 0.1) is 11.8 Å². The monoisotopic (exact) mass is 253 g/mol. The van der Waals surface area contributed by atoms with E-state index < -0.39 is 0 Å². The van der Waals surface area contributed by atoms with Crippen LogP contribution in [0.15, 0.2) is 0 Å². The van der Waals surface area contributed by atoms with E-state index >= 15 is 0 Å². The maximum absolute atomic E-state index is 12.7. The van der Waals surface area contributed by atoms with Crippen molar-refractivity contribution in [2.45, 2.75) is 45.2 Å². The molecule has 4 heteroatoms. The van der Waals surface area contributed by atoms with Crippen LogP contribution < -0.4 is 5.73 Å². The van der Waals surface area contributed by atoms with E-state index in [9.17, 15) is 4.79 Å². The number of amides is 1. The fraction of sp³-hybridized carbons (Fsp3) is 0.929. The standard InChI is InChI=1S/C14H27N3O/c1-10-8-12(15)4-5-13(10)14(18)17-7-6-16(3)9-11(17)2/h10-13H,4-9,15H2,1-3H3. The van der Waals surface area contributed by atoms with Crippen LogP contribution in [-0.4, -0.2) is 54.5 Å². The van der Waals surface area contributed by atoms with Crippen molar-refractivity contribution in [2.75, 3.05) is 26.7 Å². The van der Waals surface area contributed by atoms with Crippen molar-refractivity contribution in [1.82, 2.24) is 9.80 Å². The van der Waals surface area contributed by atoms with Gasteiger partial charge in [0.15, 0.2) is 0 Å². The first-order valence-corrected chi connectivity index (χ1v) is 7.23. The fourth-order valence-electron chi connectivity index (χ4n) is 3.48. The Morgan fingerprint density at radius 2 is 1.94 bits per heavy atom. The molecule has 2 rings (SSSR count). The molecule has 1 amide bonds. The summed E-state index contributed by atoms with van der Waals surface area (Å²) in [5.74, 6) is 1.01. The lowest BCUT2D eigenvalue weighted by molar-refractivity contribution is -0.142. The second-order valence-electron chi connectivity index (χ2n) is 6.30. The summed E-state index contributed by atoms with van der Waals surface area (Å²) in [5, 5.41) is 0. The highest BCUT2D eigenvalue weighted by atomic mass is 16.2. The fourth-order valence-corrected chi connectivity index (χ4v) is 3.48. The van der Waals surface area contributed by atoms with E-state index in [4.69, 9.17) is 5.73 Å². The molecule has 0 radical (unpaired) electrons. The molecule has 2 N–H and O–H groups in total. The van der Waals surface area contributed by atoms with Gasteiger partial charge in [-0.2, -0.15) is 0 Å². The summed E-state index contributed by atoms with van der Waals surface area (Å²) in [6.45, 7) is 7.21. The van der Waals surface area contributed by atoms with Crippen molar-refractivity contribution >= 4 is 5.91 Å². The van der Waals surface area contributed by atoms with Gasteiger partial charge in [-0.3, -0.25) is 4.79 Å². The maximum Gasteiger partial charge on any atom is 0.226 e. The molecule has 4 nitrogen and oxygen atoms in total. The molecule has 2 aliphatic rings. The van der Waals surface area contributed by atoms with Crippen molar-refractivity contribution < 1.29 is 4.79 Å². The van der Waals surface area contributed by atoms with Crippen molar-refractivity contribution in [1.29, 1.82) is 0 Å². The summed E-state index contributed by atoms with van der Waals surface area (Å²) in [6.07, 6.45) is 2.97. The highest BCUT2D eigenvalue weighted by Gasteiger charge is 2.36. The first-order valence-electron chi connectivity index (χ1n) is 7.23. The summed E-state index contributed by atoms with van der Waals surface area (Å²) in [7, 11) is 2.13. The van der Waals surface area contributed by atoms with Crippen molar-refractivity contribution in [3.8, 4) is 0 Å². The zero-order valence-electron chi connectivity index (χ0n) is 11.9. The number of rotatable bonds is 1. The maximum atomic E-state index is 12.7. The molecular weight excluding hydrogens is 226 g/mol. The van der Waals surface area contributed by atoms with Crippen LogP contribution in [-0.2, 0) is 4.79 Å². The first-order chi connectivity index (χ1) is 8.49. The third kappa shape index (κ3) is 2.86. The Labute approximate surface area is 110 Å². The second kappa shape index (κ2) is 5.57. The quantitative estimate of drug-likeness (QED) is 0.756. The Morgan fingerprint density at radius 1 is 1.22 bits per heavy atom. The smallest absolute Gasteiger partial charge is 0.226 e. The molecule has 1 heterocycles. The van der Waals surface area contributed by atoms with Gasteiger partial charge in [0.2, 0.25) is 5.91 Å². The molecule has 0 aromatic carbocycles. The summed E-state index contributed by atoms with van der Waals surface area (Å²) in [5.41, 5.74) is 5.98. The summed E-state index contributed by atoms with van der Waals surface area (Å²) < 4.78 is 0. The number of nitrogens with two attached hydrogens (primary N) is 1. The minimum atomic E-state index is 0.204. The summed E-state index contributed by atoms with van der Waals surface area (Å²) in [4.78, 5) is 17.0. The molecule has 4 atom stereocenters. The molecule has 0 aromatic heterocycles. The van der Waals surface area contributed by atoms with Crippen molar-refractivity contribution in [2.24, 2.45) is 17.6 Å². The zero-order valence-corrected chi connectivity index (χ0v) is 11.9. The number of carbonyl (C=O) groups excluding carboxylic acids is 1. The first kappa shape index (κ1) is 13.8. The minimum Gasteiger partial charge on any atom is -0.337 e. The van der Waals surface area contributed by atoms with Crippen molar-refractivity contribution in [3.05, 3.63) is 0 Å². The lowest BCUT2D eigenvalue weighted by atomic mass is 9.77. The van der Waals surface area contributed by atoms with E-state index in [1.165, 1.54) is 0 Å². The van der Waals surface area contributed by atoms with E-state index in [-0.39, 0.29) is 5.92 Å². The van der Waals surface area contributed by atoms with Gasteiger partial charge >= 0.3 is 0 Å². The Bertz CT molecular complexity index is 279. The Morgan fingerprint density at radius 3 is 2.56 bits per heavy atom. The second-order valence-corrected chi connectivity index (χ2v) is 6.30. The SMILES string of the molecule is CC1CC(N)CCC1C(=O)N1CCN(C)CC1C. The molecule has 1 aliphatic carbocycles. The highest BCUT2D eigenvalue weighted by Crippen LogP contribution is 2.31. The highest BCUT2D eigenvalue weighted by molar-refractivity contribution is 5.79. The number of likely N-dealkylation sites (N-methyl/N-ethyl adjacent to an activating group) is 1. The van der Waals surface area contributed by atoms with Crippen LogP contribution in [0.3, 0.4) is 0 Å². The van der Waals surface area contributed by atoms with Gasteiger partial charge in [-0.25, -0.2) is 0 Å². The Hall–Kier alpha value is -0.610. The predicted molar refractivity (Wildman–Crippen MR) is 73.2 cm³/mol. The summed E-state index contributed by atoms with van der Waals surface area (Å²) >= 11 is 0. The van der Waals surface area contributed by atoms with Crippen LogP contribution in [0.2, 0.25) is 0 Å². The molecule has 1 saturated carbocycles. The molecule has 1 aliphatic heterocycles. The number of hydrogen-bond donors (Lipinski definition) is 1. The van der Waals surface area contributed by atoms with Gasteiger partial charge < -0.3 is 15.5 Å². The normalized spacial score (nSPS) is 38.8. The molecule has 0 spiro atoms. The lowest BCUT2D eigenvalue weighted by Gasteiger charge is -2.42. The number of nitrogens with zero attached hydrogens (tertiary/aromatic N) is 2. The lowest BCUT2D eigenvalue weighted by Crippen LogP contribution is -2.55. The van der Waals surface area contributed by atoms with Gasteiger partial charge in [0, 0.05) is 37.6 Å². The predicted octanol–water partition coefficient (Wildman–Crippen LogP) is 0.912. The average Bonchev–Trinajstić information content (AvgIpc) is 2.28. The molecular formula is C14H27N3O. The van der Waals surface area contributed by atoms with Gasteiger partial charge in [-0.1, -0.05) is 6.92 Å². The molecule has 2 fully saturated rings. The van der Waals surface area contributed by atoms with E-state index in [2.05, 4.69) is 30.7 Å².